The third-order valence-electron chi connectivity index (χ3n) is 4.17. The number of fused-ring (bicyclic) bond motifs is 1. The van der Waals surface area contributed by atoms with E-state index in [1.165, 1.54) is 17.1 Å². The number of hydroxylamine groups is 2. The fourth-order valence-corrected chi connectivity index (χ4v) is 2.95. The average molecular weight is 351 g/mol. The molecule has 0 spiro atoms. The summed E-state index contributed by atoms with van der Waals surface area (Å²) in [6, 6.07) is 15.0. The highest BCUT2D eigenvalue weighted by Crippen LogP contribution is 2.26. The van der Waals surface area contributed by atoms with Gasteiger partial charge in [-0.3, -0.25) is 19.4 Å². The van der Waals surface area contributed by atoms with Crippen LogP contribution >= 0.6 is 0 Å². The van der Waals surface area contributed by atoms with E-state index in [-0.39, 0.29) is 17.5 Å². The van der Waals surface area contributed by atoms with Crippen molar-refractivity contribution in [3.05, 3.63) is 65.7 Å². The van der Waals surface area contributed by atoms with Crippen LogP contribution in [0.1, 0.15) is 27.1 Å². The molecule has 4 amide bonds. The summed E-state index contributed by atoms with van der Waals surface area (Å²) >= 11 is 0. The topological polar surface area (TPSA) is 87.2 Å². The molecule has 26 heavy (non-hydrogen) atoms. The van der Waals surface area contributed by atoms with E-state index in [1.807, 2.05) is 6.07 Å². The van der Waals surface area contributed by atoms with Gasteiger partial charge in [0.25, 0.3) is 17.7 Å². The van der Waals surface area contributed by atoms with Crippen LogP contribution in [0, 0.1) is 0 Å². The van der Waals surface area contributed by atoms with Gasteiger partial charge in [-0.05, 0) is 24.3 Å². The first-order valence-electron chi connectivity index (χ1n) is 7.93. The number of hydrogen-bond acceptors (Lipinski definition) is 6. The fraction of sp³-hybridized carbons (Fsp3) is 0.111. The quantitative estimate of drug-likeness (QED) is 0.769. The van der Waals surface area contributed by atoms with Gasteiger partial charge < -0.3 is 4.84 Å². The second-order valence-corrected chi connectivity index (χ2v) is 5.72. The third-order valence-corrected chi connectivity index (χ3v) is 4.17. The summed E-state index contributed by atoms with van der Waals surface area (Å²) in [6.07, 6.45) is -0.989. The summed E-state index contributed by atoms with van der Waals surface area (Å²) in [5, 5.41) is 2.64. The molecule has 2 aliphatic rings. The minimum Gasteiger partial charge on any atom is -0.308 e. The molecular weight excluding hydrogens is 338 g/mol. The Morgan fingerprint density at radius 3 is 2.04 bits per heavy atom. The second kappa shape index (κ2) is 5.99. The molecule has 2 aromatic rings. The van der Waals surface area contributed by atoms with Gasteiger partial charge in [-0.2, -0.15) is 0 Å². The molecule has 4 rings (SSSR count). The van der Waals surface area contributed by atoms with E-state index in [0.29, 0.717) is 17.3 Å². The van der Waals surface area contributed by atoms with Gasteiger partial charge in [0.05, 0.1) is 16.8 Å². The number of para-hydroxylation sites is 1. The van der Waals surface area contributed by atoms with Crippen molar-refractivity contribution in [1.29, 1.82) is 0 Å². The summed E-state index contributed by atoms with van der Waals surface area (Å²) < 4.78 is 0. The number of nitrogens with zero attached hydrogens (tertiary/aromatic N) is 3. The first kappa shape index (κ1) is 15.8. The van der Waals surface area contributed by atoms with E-state index in [4.69, 9.17) is 4.84 Å². The first-order valence-corrected chi connectivity index (χ1v) is 7.93. The van der Waals surface area contributed by atoms with Crippen molar-refractivity contribution in [2.45, 2.75) is 6.42 Å². The molecule has 2 aliphatic heterocycles. The molecule has 1 saturated heterocycles. The van der Waals surface area contributed by atoms with Crippen LogP contribution < -0.4 is 5.01 Å². The summed E-state index contributed by atoms with van der Waals surface area (Å²) in [4.78, 5) is 54.3. The van der Waals surface area contributed by atoms with Crippen molar-refractivity contribution in [3.8, 4) is 0 Å². The van der Waals surface area contributed by atoms with Crippen molar-refractivity contribution in [1.82, 2.24) is 10.1 Å². The van der Waals surface area contributed by atoms with Crippen LogP contribution in [-0.4, -0.2) is 40.4 Å². The lowest BCUT2D eigenvalue weighted by molar-refractivity contribution is -0.129. The SMILES string of the molecule is O=C1c2ccccc2C(=O)N1OC(=O)N1C(=O)CCN1c1ccccc1. The maximum Gasteiger partial charge on any atom is 0.461 e. The van der Waals surface area contributed by atoms with Gasteiger partial charge in [-0.15, -0.1) is 5.01 Å². The van der Waals surface area contributed by atoms with E-state index in [9.17, 15) is 19.2 Å². The Morgan fingerprint density at radius 2 is 1.42 bits per heavy atom. The Hall–Kier alpha value is -3.68. The van der Waals surface area contributed by atoms with Crippen LogP contribution in [0.4, 0.5) is 10.5 Å². The summed E-state index contributed by atoms with van der Waals surface area (Å²) in [7, 11) is 0. The average Bonchev–Trinajstić information content (AvgIpc) is 3.16. The largest absolute Gasteiger partial charge is 0.461 e. The monoisotopic (exact) mass is 351 g/mol. The van der Waals surface area contributed by atoms with E-state index in [0.717, 1.165) is 5.01 Å². The maximum atomic E-state index is 12.5. The number of hydrogen-bond donors (Lipinski definition) is 0. The number of hydrazine groups is 1. The molecule has 2 aromatic carbocycles. The minimum absolute atomic E-state index is 0.117. The molecule has 0 aromatic heterocycles. The predicted octanol–water partition coefficient (Wildman–Crippen LogP) is 1.99. The molecule has 8 heteroatoms. The molecule has 0 atom stereocenters. The van der Waals surface area contributed by atoms with E-state index >= 15 is 0 Å². The highest BCUT2D eigenvalue weighted by Gasteiger charge is 2.43. The van der Waals surface area contributed by atoms with E-state index in [2.05, 4.69) is 0 Å². The normalized spacial score (nSPS) is 16.3. The van der Waals surface area contributed by atoms with Gasteiger partial charge in [0.15, 0.2) is 0 Å². The van der Waals surface area contributed by atoms with Gasteiger partial charge in [0.2, 0.25) is 0 Å². The molecule has 0 N–H and O–H groups in total. The second-order valence-electron chi connectivity index (χ2n) is 5.72. The van der Waals surface area contributed by atoms with Crippen molar-refractivity contribution in [2.24, 2.45) is 0 Å². The summed E-state index contributed by atoms with van der Waals surface area (Å²) in [5.74, 6) is -1.95. The molecule has 0 aliphatic carbocycles. The molecule has 0 radical (unpaired) electrons. The highest BCUT2D eigenvalue weighted by molar-refractivity contribution is 6.21. The minimum atomic E-state index is -1.11. The van der Waals surface area contributed by atoms with Gasteiger partial charge in [0.1, 0.15) is 0 Å². The predicted molar refractivity (Wildman–Crippen MR) is 88.7 cm³/mol. The number of imide groups is 2. The van der Waals surface area contributed by atoms with Gasteiger partial charge in [-0.1, -0.05) is 35.4 Å². The molecule has 0 unspecified atom stereocenters. The Kier molecular flexibility index (Phi) is 3.65. The number of carbonyl (C=O) groups is 4. The van der Waals surface area contributed by atoms with Crippen molar-refractivity contribution in [2.75, 3.05) is 11.6 Å². The molecule has 8 nitrogen and oxygen atoms in total. The van der Waals surface area contributed by atoms with Crippen molar-refractivity contribution in [3.63, 3.8) is 0 Å². The van der Waals surface area contributed by atoms with Gasteiger partial charge >= 0.3 is 6.09 Å². The van der Waals surface area contributed by atoms with Crippen LogP contribution in [0.15, 0.2) is 54.6 Å². The lowest BCUT2D eigenvalue weighted by Gasteiger charge is -2.27. The Balaban J connectivity index is 1.57. The van der Waals surface area contributed by atoms with Crippen LogP contribution in [-0.2, 0) is 9.63 Å². The summed E-state index contributed by atoms with van der Waals surface area (Å²) in [5.41, 5.74) is 0.925. The van der Waals surface area contributed by atoms with Crippen LogP contribution in [0.3, 0.4) is 0 Å². The number of benzene rings is 2. The number of anilines is 1. The molecule has 2 heterocycles. The van der Waals surface area contributed by atoms with E-state index < -0.39 is 23.8 Å². The van der Waals surface area contributed by atoms with Gasteiger partial charge in [0, 0.05) is 13.0 Å². The first-order chi connectivity index (χ1) is 12.6. The molecule has 0 bridgehead atoms. The Morgan fingerprint density at radius 1 is 0.846 bits per heavy atom. The van der Waals surface area contributed by atoms with Crippen LogP contribution in [0.5, 0.6) is 0 Å². The molecule has 0 saturated carbocycles. The number of carbonyl (C=O) groups excluding carboxylic acids is 4. The maximum absolute atomic E-state index is 12.5. The van der Waals surface area contributed by atoms with Crippen LogP contribution in [0.2, 0.25) is 0 Å². The Labute approximate surface area is 148 Å². The lowest BCUT2D eigenvalue weighted by Crippen LogP contribution is -2.47. The Bertz CT molecular complexity index is 892. The zero-order valence-electron chi connectivity index (χ0n) is 13.5. The van der Waals surface area contributed by atoms with E-state index in [1.54, 1.807) is 36.4 Å². The number of amides is 4. The van der Waals surface area contributed by atoms with Crippen molar-refractivity contribution >= 4 is 29.5 Å². The number of rotatable bonds is 2. The summed E-state index contributed by atoms with van der Waals surface area (Å²) in [6.45, 7) is 0.292. The highest BCUT2D eigenvalue weighted by atomic mass is 16.7. The van der Waals surface area contributed by atoms with Crippen LogP contribution in [0.25, 0.3) is 0 Å². The zero-order valence-corrected chi connectivity index (χ0v) is 13.5. The fourth-order valence-electron chi connectivity index (χ4n) is 2.95. The van der Waals surface area contributed by atoms with Crippen molar-refractivity contribution < 1.29 is 24.0 Å². The molecular formula is C18H13N3O5. The van der Waals surface area contributed by atoms with Gasteiger partial charge in [-0.25, -0.2) is 4.79 Å². The standard InChI is InChI=1S/C18H13N3O5/c22-15-10-11-19(12-6-2-1-3-7-12)20(15)18(25)26-21-16(23)13-8-4-5-9-14(13)17(21)24/h1-9H,10-11H2. The third kappa shape index (κ3) is 2.39. The zero-order chi connectivity index (χ0) is 18.3. The molecule has 130 valence electrons. The molecule has 1 fully saturated rings. The smallest absolute Gasteiger partial charge is 0.308 e. The lowest BCUT2D eigenvalue weighted by atomic mass is 10.1.